The van der Waals surface area contributed by atoms with Gasteiger partial charge in [0.2, 0.25) is 0 Å². The Bertz CT molecular complexity index is 653. The highest BCUT2D eigenvalue weighted by Gasteiger charge is 2.05. The summed E-state index contributed by atoms with van der Waals surface area (Å²) in [7, 11) is 0. The smallest absolute Gasteiger partial charge is 0.251 e. The number of aliphatic hydroxyl groups excluding tert-OH is 1. The number of rotatable bonds is 3. The van der Waals surface area contributed by atoms with Crippen LogP contribution in [0.4, 0.5) is 0 Å². The van der Waals surface area contributed by atoms with Crippen molar-refractivity contribution in [3.63, 3.8) is 0 Å². The summed E-state index contributed by atoms with van der Waals surface area (Å²) in [5.74, 6) is 5.24. The minimum atomic E-state index is -0.168. The number of amides is 1. The summed E-state index contributed by atoms with van der Waals surface area (Å²) in [4.78, 5) is 13.0. The molecular weight excluding hydrogens is 338 g/mol. The third kappa shape index (κ3) is 4.20. The van der Waals surface area contributed by atoms with E-state index in [4.69, 9.17) is 5.11 Å². The van der Waals surface area contributed by atoms with Gasteiger partial charge in [-0.3, -0.25) is 4.79 Å². The summed E-state index contributed by atoms with van der Waals surface area (Å²) in [6.07, 6.45) is 0. The van der Waals surface area contributed by atoms with Crippen LogP contribution in [0.2, 0.25) is 0 Å². The summed E-state index contributed by atoms with van der Waals surface area (Å²) in [5.41, 5.74) is 1.37. The number of hydrogen-bond acceptors (Lipinski definition) is 3. The van der Waals surface area contributed by atoms with Gasteiger partial charge in [0.05, 0.1) is 6.54 Å². The van der Waals surface area contributed by atoms with E-state index in [9.17, 15) is 4.79 Å². The molecule has 2 rings (SSSR count). The molecule has 0 atom stereocenters. The van der Waals surface area contributed by atoms with Gasteiger partial charge in [0.1, 0.15) is 6.61 Å². The summed E-state index contributed by atoms with van der Waals surface area (Å²) in [5, 5.41) is 13.5. The molecule has 0 radical (unpaired) electrons. The molecule has 0 saturated carbocycles. The zero-order valence-corrected chi connectivity index (χ0v) is 12.9. The quantitative estimate of drug-likeness (QED) is 0.837. The first-order valence-corrected chi connectivity index (χ1v) is 7.57. The molecule has 1 aromatic heterocycles. The van der Waals surface area contributed by atoms with Gasteiger partial charge in [-0.15, -0.1) is 11.3 Å². The molecule has 0 bridgehead atoms. The van der Waals surface area contributed by atoms with E-state index in [0.29, 0.717) is 12.1 Å². The minimum Gasteiger partial charge on any atom is -0.384 e. The zero-order chi connectivity index (χ0) is 14.4. The summed E-state index contributed by atoms with van der Waals surface area (Å²) in [6, 6.07) is 8.96. The average Bonchev–Trinajstić information content (AvgIpc) is 2.89. The van der Waals surface area contributed by atoms with Crippen molar-refractivity contribution in [3.05, 3.63) is 56.2 Å². The van der Waals surface area contributed by atoms with Crippen LogP contribution in [0.15, 0.2) is 40.2 Å². The van der Waals surface area contributed by atoms with Crippen LogP contribution in [0.5, 0.6) is 0 Å². The Labute approximate surface area is 129 Å². The standard InChI is InChI=1S/C15H12BrNO2S/c16-13-8-14(20-10-13)9-17-15(19)12-5-3-11(4-6-12)2-1-7-18/h3-6,8,10,18H,7,9H2,(H,17,19). The fourth-order valence-corrected chi connectivity index (χ4v) is 2.95. The van der Waals surface area contributed by atoms with Gasteiger partial charge in [0.25, 0.3) is 5.91 Å². The highest BCUT2D eigenvalue weighted by atomic mass is 79.9. The summed E-state index contributed by atoms with van der Waals surface area (Å²) < 4.78 is 1.03. The molecule has 0 aliphatic carbocycles. The normalized spacial score (nSPS) is 9.70. The highest BCUT2D eigenvalue weighted by molar-refractivity contribution is 9.10. The van der Waals surface area contributed by atoms with E-state index in [-0.39, 0.29) is 12.5 Å². The van der Waals surface area contributed by atoms with Crippen molar-refractivity contribution in [1.29, 1.82) is 0 Å². The number of benzene rings is 1. The van der Waals surface area contributed by atoms with Crippen molar-refractivity contribution in [2.75, 3.05) is 6.61 Å². The van der Waals surface area contributed by atoms with E-state index in [0.717, 1.165) is 14.9 Å². The first-order valence-electron chi connectivity index (χ1n) is 5.90. The molecule has 0 spiro atoms. The second-order valence-corrected chi connectivity index (χ2v) is 5.86. The molecule has 0 aliphatic heterocycles. The Morgan fingerprint density at radius 2 is 2.10 bits per heavy atom. The molecule has 1 aromatic carbocycles. The maximum Gasteiger partial charge on any atom is 0.251 e. The Hall–Kier alpha value is -1.61. The number of hydrogen-bond donors (Lipinski definition) is 2. The van der Waals surface area contributed by atoms with Crippen LogP contribution in [-0.2, 0) is 6.54 Å². The Morgan fingerprint density at radius 1 is 1.35 bits per heavy atom. The number of aliphatic hydroxyl groups is 1. The molecule has 3 nitrogen and oxygen atoms in total. The van der Waals surface area contributed by atoms with Gasteiger partial charge in [-0.1, -0.05) is 11.8 Å². The second-order valence-electron chi connectivity index (χ2n) is 3.95. The monoisotopic (exact) mass is 349 g/mol. The fraction of sp³-hybridized carbons (Fsp3) is 0.133. The molecule has 5 heteroatoms. The summed E-state index contributed by atoms with van der Waals surface area (Å²) in [6.45, 7) is 0.347. The van der Waals surface area contributed by atoms with Crippen molar-refractivity contribution in [1.82, 2.24) is 5.32 Å². The third-order valence-corrected chi connectivity index (χ3v) is 4.20. The van der Waals surface area contributed by atoms with E-state index in [1.54, 1.807) is 35.6 Å². The molecule has 0 saturated heterocycles. The Kier molecular flexibility index (Phi) is 5.36. The van der Waals surface area contributed by atoms with E-state index in [1.807, 2.05) is 11.4 Å². The molecule has 1 amide bonds. The predicted octanol–water partition coefficient (Wildman–Crippen LogP) is 2.78. The first-order chi connectivity index (χ1) is 9.69. The molecule has 0 fully saturated rings. The lowest BCUT2D eigenvalue weighted by Crippen LogP contribution is -2.22. The molecule has 2 aromatic rings. The number of halogens is 1. The van der Waals surface area contributed by atoms with E-state index >= 15 is 0 Å². The SMILES string of the molecule is O=C(NCc1cc(Br)cs1)c1ccc(C#CCO)cc1. The fourth-order valence-electron chi connectivity index (χ4n) is 1.56. The predicted molar refractivity (Wildman–Crippen MR) is 83.6 cm³/mol. The van der Waals surface area contributed by atoms with Gasteiger partial charge in [-0.25, -0.2) is 0 Å². The van der Waals surface area contributed by atoms with Gasteiger partial charge in [0.15, 0.2) is 0 Å². The minimum absolute atomic E-state index is 0.115. The van der Waals surface area contributed by atoms with Gasteiger partial charge >= 0.3 is 0 Å². The summed E-state index contributed by atoms with van der Waals surface area (Å²) >= 11 is 4.97. The Balaban J connectivity index is 1.95. The van der Waals surface area contributed by atoms with Gasteiger partial charge < -0.3 is 10.4 Å². The van der Waals surface area contributed by atoms with Gasteiger partial charge in [0, 0.05) is 25.9 Å². The molecule has 2 N–H and O–H groups in total. The largest absolute Gasteiger partial charge is 0.384 e. The van der Waals surface area contributed by atoms with Crippen LogP contribution >= 0.6 is 27.3 Å². The lowest BCUT2D eigenvalue weighted by atomic mass is 10.1. The molecule has 102 valence electrons. The molecule has 20 heavy (non-hydrogen) atoms. The second kappa shape index (κ2) is 7.25. The molecular formula is C15H12BrNO2S. The number of carbonyl (C=O) groups is 1. The number of nitrogens with one attached hydrogen (secondary N) is 1. The van der Waals surface area contributed by atoms with Crippen LogP contribution in [0.3, 0.4) is 0 Å². The average molecular weight is 350 g/mol. The van der Waals surface area contributed by atoms with Crippen molar-refractivity contribution >= 4 is 33.2 Å². The number of thiophene rings is 1. The topological polar surface area (TPSA) is 49.3 Å². The van der Waals surface area contributed by atoms with Crippen LogP contribution in [0.25, 0.3) is 0 Å². The van der Waals surface area contributed by atoms with Crippen LogP contribution in [0.1, 0.15) is 20.8 Å². The van der Waals surface area contributed by atoms with Crippen molar-refractivity contribution in [3.8, 4) is 11.8 Å². The van der Waals surface area contributed by atoms with E-state index in [2.05, 4.69) is 33.1 Å². The van der Waals surface area contributed by atoms with Gasteiger partial charge in [-0.05, 0) is 46.3 Å². The molecule has 0 unspecified atom stereocenters. The maximum atomic E-state index is 12.0. The van der Waals surface area contributed by atoms with Gasteiger partial charge in [-0.2, -0.15) is 0 Å². The third-order valence-electron chi connectivity index (χ3n) is 2.50. The maximum absolute atomic E-state index is 12.0. The molecule has 0 aliphatic rings. The van der Waals surface area contributed by atoms with Crippen LogP contribution in [-0.4, -0.2) is 17.6 Å². The van der Waals surface area contributed by atoms with Crippen LogP contribution in [0, 0.1) is 11.8 Å². The lowest BCUT2D eigenvalue weighted by molar-refractivity contribution is 0.0951. The van der Waals surface area contributed by atoms with Crippen molar-refractivity contribution in [2.24, 2.45) is 0 Å². The lowest BCUT2D eigenvalue weighted by Gasteiger charge is -2.03. The van der Waals surface area contributed by atoms with E-state index in [1.165, 1.54) is 0 Å². The zero-order valence-electron chi connectivity index (χ0n) is 10.5. The molecule has 1 heterocycles. The van der Waals surface area contributed by atoms with Crippen molar-refractivity contribution < 1.29 is 9.90 Å². The number of carbonyl (C=O) groups excluding carboxylic acids is 1. The Morgan fingerprint density at radius 3 is 2.70 bits per heavy atom. The van der Waals surface area contributed by atoms with Crippen molar-refractivity contribution in [2.45, 2.75) is 6.54 Å². The van der Waals surface area contributed by atoms with E-state index < -0.39 is 0 Å². The highest BCUT2D eigenvalue weighted by Crippen LogP contribution is 2.19. The first kappa shape index (κ1) is 14.8. The van der Waals surface area contributed by atoms with Crippen LogP contribution < -0.4 is 5.32 Å².